The third-order valence-electron chi connectivity index (χ3n) is 4.13. The maximum absolute atomic E-state index is 12.1. The molecular formula is C20H22N4O. The van der Waals surface area contributed by atoms with E-state index in [9.17, 15) is 4.79 Å². The Kier molecular flexibility index (Phi) is 4.93. The van der Waals surface area contributed by atoms with Crippen molar-refractivity contribution in [2.24, 2.45) is 5.92 Å². The lowest BCUT2D eigenvalue weighted by atomic mass is 10.0. The summed E-state index contributed by atoms with van der Waals surface area (Å²) in [4.78, 5) is 21.5. The molecule has 0 aliphatic heterocycles. The summed E-state index contributed by atoms with van der Waals surface area (Å²) in [5.74, 6) is 0.489. The van der Waals surface area contributed by atoms with Crippen LogP contribution in [0.2, 0.25) is 0 Å². The molecule has 3 aromatic rings. The molecule has 0 saturated carbocycles. The predicted molar refractivity (Wildman–Crippen MR) is 101 cm³/mol. The Morgan fingerprint density at radius 1 is 0.960 bits per heavy atom. The summed E-state index contributed by atoms with van der Waals surface area (Å²) in [6.07, 6.45) is 0. The number of hydrogen-bond donors (Lipinski definition) is 2. The van der Waals surface area contributed by atoms with Gasteiger partial charge in [0, 0.05) is 18.0 Å². The third-order valence-corrected chi connectivity index (χ3v) is 4.13. The van der Waals surface area contributed by atoms with Gasteiger partial charge >= 0.3 is 0 Å². The van der Waals surface area contributed by atoms with Crippen molar-refractivity contribution in [3.05, 3.63) is 54.6 Å². The van der Waals surface area contributed by atoms with Crippen LogP contribution in [0.25, 0.3) is 22.2 Å². The first-order valence-corrected chi connectivity index (χ1v) is 8.40. The first kappa shape index (κ1) is 16.9. The maximum atomic E-state index is 12.1. The normalized spacial score (nSPS) is 12.2. The molecule has 2 N–H and O–H groups in total. The van der Waals surface area contributed by atoms with Gasteiger partial charge in [-0.05, 0) is 12.0 Å². The Morgan fingerprint density at radius 2 is 1.64 bits per heavy atom. The number of fused-ring (bicyclic) bond motifs is 1. The smallest absolute Gasteiger partial charge is 0.242 e. The first-order chi connectivity index (χ1) is 12.1. The molecule has 2 aromatic carbocycles. The molecule has 3 rings (SSSR count). The predicted octanol–water partition coefficient (Wildman–Crippen LogP) is 3.48. The highest BCUT2D eigenvalue weighted by Crippen LogP contribution is 2.27. The Labute approximate surface area is 147 Å². The molecule has 1 heterocycles. The Balaban J connectivity index is 2.09. The van der Waals surface area contributed by atoms with E-state index in [1.54, 1.807) is 7.05 Å². The number of hydrogen-bond acceptors (Lipinski definition) is 4. The SMILES string of the molecule is CNC(=O)C(Nc1nc(-c2ccccc2)c2ccccc2n1)C(C)C. The van der Waals surface area contributed by atoms with Crippen LogP contribution in [0.15, 0.2) is 54.6 Å². The number of anilines is 1. The number of para-hydroxylation sites is 1. The van der Waals surface area contributed by atoms with Gasteiger partial charge < -0.3 is 10.6 Å². The first-order valence-electron chi connectivity index (χ1n) is 8.40. The summed E-state index contributed by atoms with van der Waals surface area (Å²) in [6, 6.07) is 17.5. The number of carbonyl (C=O) groups excluding carboxylic acids is 1. The molecule has 1 unspecified atom stereocenters. The average molecular weight is 334 g/mol. The van der Waals surface area contributed by atoms with Crippen LogP contribution >= 0.6 is 0 Å². The lowest BCUT2D eigenvalue weighted by molar-refractivity contribution is -0.122. The molecule has 5 nitrogen and oxygen atoms in total. The molecule has 0 aliphatic carbocycles. The molecule has 0 radical (unpaired) electrons. The minimum Gasteiger partial charge on any atom is -0.357 e. The number of carbonyl (C=O) groups is 1. The van der Waals surface area contributed by atoms with E-state index in [4.69, 9.17) is 4.98 Å². The molecule has 0 spiro atoms. The van der Waals surface area contributed by atoms with Crippen molar-refractivity contribution in [1.82, 2.24) is 15.3 Å². The van der Waals surface area contributed by atoms with Crippen LogP contribution < -0.4 is 10.6 Å². The monoisotopic (exact) mass is 334 g/mol. The highest BCUT2D eigenvalue weighted by molar-refractivity contribution is 5.93. The summed E-state index contributed by atoms with van der Waals surface area (Å²) in [5.41, 5.74) is 2.72. The standard InChI is InChI=1S/C20H22N4O/c1-13(2)17(19(25)21-3)23-20-22-16-12-8-7-11-15(16)18(24-20)14-9-5-4-6-10-14/h4-13,17H,1-3H3,(H,21,25)(H,22,23,24). The number of benzene rings is 2. The van der Waals surface area contributed by atoms with Gasteiger partial charge in [-0.15, -0.1) is 0 Å². The van der Waals surface area contributed by atoms with Crippen LogP contribution in [0.1, 0.15) is 13.8 Å². The van der Waals surface area contributed by atoms with Gasteiger partial charge in [0.25, 0.3) is 0 Å². The van der Waals surface area contributed by atoms with E-state index in [0.29, 0.717) is 5.95 Å². The van der Waals surface area contributed by atoms with E-state index < -0.39 is 6.04 Å². The number of likely N-dealkylation sites (N-methyl/N-ethyl adjacent to an activating group) is 1. The second-order valence-electron chi connectivity index (χ2n) is 6.26. The summed E-state index contributed by atoms with van der Waals surface area (Å²) < 4.78 is 0. The van der Waals surface area contributed by atoms with Crippen LogP contribution in [0.4, 0.5) is 5.95 Å². The third kappa shape index (κ3) is 3.60. The molecule has 0 aliphatic rings. The van der Waals surface area contributed by atoms with Crippen LogP contribution in [0.3, 0.4) is 0 Å². The van der Waals surface area contributed by atoms with Gasteiger partial charge in [-0.25, -0.2) is 9.97 Å². The van der Waals surface area contributed by atoms with Gasteiger partial charge in [-0.3, -0.25) is 4.79 Å². The fourth-order valence-corrected chi connectivity index (χ4v) is 2.79. The zero-order valence-electron chi connectivity index (χ0n) is 14.7. The summed E-state index contributed by atoms with van der Waals surface area (Å²) in [6.45, 7) is 3.98. The van der Waals surface area contributed by atoms with Gasteiger partial charge in [0.15, 0.2) is 0 Å². The number of nitrogens with zero attached hydrogens (tertiary/aromatic N) is 2. The highest BCUT2D eigenvalue weighted by Gasteiger charge is 2.22. The minimum atomic E-state index is -0.394. The molecule has 0 bridgehead atoms. The molecular weight excluding hydrogens is 312 g/mol. The zero-order chi connectivity index (χ0) is 17.8. The van der Waals surface area contributed by atoms with Crippen LogP contribution in [-0.4, -0.2) is 29.0 Å². The van der Waals surface area contributed by atoms with Gasteiger partial charge in [-0.2, -0.15) is 0 Å². The summed E-state index contributed by atoms with van der Waals surface area (Å²) >= 11 is 0. The molecule has 25 heavy (non-hydrogen) atoms. The van der Waals surface area contributed by atoms with Gasteiger partial charge in [0.2, 0.25) is 11.9 Å². The second-order valence-corrected chi connectivity index (χ2v) is 6.26. The molecule has 1 atom stereocenters. The maximum Gasteiger partial charge on any atom is 0.242 e. The Hall–Kier alpha value is -2.95. The van der Waals surface area contributed by atoms with E-state index in [1.165, 1.54) is 0 Å². The molecule has 5 heteroatoms. The number of aromatic nitrogens is 2. The molecule has 1 aromatic heterocycles. The minimum absolute atomic E-state index is 0.0759. The fraction of sp³-hybridized carbons (Fsp3) is 0.250. The highest BCUT2D eigenvalue weighted by atomic mass is 16.2. The van der Waals surface area contributed by atoms with Crippen molar-refractivity contribution in [2.75, 3.05) is 12.4 Å². The van der Waals surface area contributed by atoms with Crippen LogP contribution in [-0.2, 0) is 4.79 Å². The molecule has 0 saturated heterocycles. The van der Waals surface area contributed by atoms with E-state index in [-0.39, 0.29) is 11.8 Å². The van der Waals surface area contributed by atoms with Crippen molar-refractivity contribution in [3.8, 4) is 11.3 Å². The average Bonchev–Trinajstić information content (AvgIpc) is 2.65. The van der Waals surface area contributed by atoms with Crippen molar-refractivity contribution >= 4 is 22.8 Å². The van der Waals surface area contributed by atoms with Crippen LogP contribution in [0, 0.1) is 5.92 Å². The Bertz CT molecular complexity index is 877. The van der Waals surface area contributed by atoms with E-state index >= 15 is 0 Å². The van der Waals surface area contributed by atoms with Crippen LogP contribution in [0.5, 0.6) is 0 Å². The topological polar surface area (TPSA) is 66.9 Å². The van der Waals surface area contributed by atoms with E-state index in [2.05, 4.69) is 15.6 Å². The van der Waals surface area contributed by atoms with Gasteiger partial charge in [0.1, 0.15) is 6.04 Å². The number of rotatable bonds is 5. The second kappa shape index (κ2) is 7.30. The summed E-state index contributed by atoms with van der Waals surface area (Å²) in [5, 5.41) is 6.88. The van der Waals surface area contributed by atoms with Crippen molar-refractivity contribution in [3.63, 3.8) is 0 Å². The molecule has 0 fully saturated rings. The Morgan fingerprint density at radius 3 is 2.32 bits per heavy atom. The number of nitrogens with one attached hydrogen (secondary N) is 2. The van der Waals surface area contributed by atoms with Gasteiger partial charge in [0.05, 0.1) is 11.2 Å². The molecule has 1 amide bonds. The van der Waals surface area contributed by atoms with E-state index in [0.717, 1.165) is 22.2 Å². The number of amides is 1. The quantitative estimate of drug-likeness (QED) is 0.750. The van der Waals surface area contributed by atoms with Gasteiger partial charge in [-0.1, -0.05) is 62.4 Å². The lowest BCUT2D eigenvalue weighted by Crippen LogP contribution is -2.41. The lowest BCUT2D eigenvalue weighted by Gasteiger charge is -2.21. The largest absolute Gasteiger partial charge is 0.357 e. The van der Waals surface area contributed by atoms with E-state index in [1.807, 2.05) is 68.4 Å². The fourth-order valence-electron chi connectivity index (χ4n) is 2.79. The van der Waals surface area contributed by atoms with Crippen molar-refractivity contribution in [2.45, 2.75) is 19.9 Å². The zero-order valence-corrected chi connectivity index (χ0v) is 14.7. The summed E-state index contributed by atoms with van der Waals surface area (Å²) in [7, 11) is 1.63. The van der Waals surface area contributed by atoms with Crippen molar-refractivity contribution in [1.29, 1.82) is 0 Å². The molecule has 128 valence electrons. The van der Waals surface area contributed by atoms with Crippen molar-refractivity contribution < 1.29 is 4.79 Å².